The van der Waals surface area contributed by atoms with Gasteiger partial charge in [0.1, 0.15) is 64.7 Å². The minimum atomic E-state index is -7.22. The predicted octanol–water partition coefficient (Wildman–Crippen LogP) is 8.73. The topological polar surface area (TPSA) is 37.3 Å². The molecule has 2 nitrogen and oxygen atoms in total. The maximum atomic E-state index is 15.4. The van der Waals surface area contributed by atoms with Crippen molar-refractivity contribution in [1.82, 2.24) is 0 Å². The molecular weight excluding hydrogens is 923 g/mol. The summed E-state index contributed by atoms with van der Waals surface area (Å²) in [7, 11) is -0.133. The van der Waals surface area contributed by atoms with Crippen molar-refractivity contribution in [3.63, 3.8) is 0 Å². The maximum Gasteiger partial charge on any atom is 0.212 e. The van der Waals surface area contributed by atoms with Crippen LogP contribution < -0.4 is 21.9 Å². The Morgan fingerprint density at radius 1 is 0.397 bits per heavy atom. The van der Waals surface area contributed by atoms with E-state index < -0.39 is 144 Å². The average Bonchev–Trinajstić information content (AvgIpc) is 3.26. The van der Waals surface area contributed by atoms with Gasteiger partial charge in [0.15, 0.2) is 80.5 Å². The normalized spacial score (nSPS) is 12.0. The van der Waals surface area contributed by atoms with Crippen LogP contribution in [-0.4, -0.2) is 29.0 Å². The van der Waals surface area contributed by atoms with Gasteiger partial charge < -0.3 is 5.11 Å². The molecule has 1 N–H and O–H groups in total. The SMILES string of the molecule is C[S+](CC(=O)c1ccccc1)c1ccc(O)cc1.Fc1c(F)c(F)c([B-](c2c(F)c(F)c(F)c(F)c2F)(c2c(F)c(F)c(F)c(F)c2F)c2c(F)c(F)c(F)c(F)c2F)c(F)c1F. The molecule has 0 saturated carbocycles. The first-order valence-electron chi connectivity index (χ1n) is 16.6. The number of phenols is 1. The molecule has 0 aliphatic carbocycles. The first kappa shape index (κ1) is 47.8. The van der Waals surface area contributed by atoms with Crippen molar-refractivity contribution in [2.45, 2.75) is 4.90 Å². The molecular formula is C39H15BF20O2S. The summed E-state index contributed by atoms with van der Waals surface area (Å²) in [6.07, 6.45) is -5.17. The van der Waals surface area contributed by atoms with Crippen LogP contribution in [0.15, 0.2) is 59.5 Å². The van der Waals surface area contributed by atoms with E-state index in [9.17, 15) is 62.6 Å². The van der Waals surface area contributed by atoms with E-state index in [0.29, 0.717) is 5.75 Å². The molecule has 0 fully saturated rings. The van der Waals surface area contributed by atoms with Crippen LogP contribution in [0.3, 0.4) is 0 Å². The van der Waals surface area contributed by atoms with Gasteiger partial charge in [-0.05, 0) is 24.3 Å². The van der Waals surface area contributed by atoms with E-state index in [4.69, 9.17) is 0 Å². The van der Waals surface area contributed by atoms with Gasteiger partial charge in [0, 0.05) is 16.5 Å². The minimum Gasteiger partial charge on any atom is -0.508 e. The van der Waals surface area contributed by atoms with E-state index >= 15 is 35.1 Å². The molecule has 6 aromatic rings. The second kappa shape index (κ2) is 17.9. The van der Waals surface area contributed by atoms with Crippen LogP contribution in [0.25, 0.3) is 0 Å². The molecule has 63 heavy (non-hydrogen) atoms. The smallest absolute Gasteiger partial charge is 0.212 e. The van der Waals surface area contributed by atoms with E-state index in [1.54, 1.807) is 12.1 Å². The van der Waals surface area contributed by atoms with Crippen molar-refractivity contribution < 1.29 is 97.7 Å². The third-order valence-corrected chi connectivity index (χ3v) is 11.2. The van der Waals surface area contributed by atoms with Crippen molar-refractivity contribution in [1.29, 1.82) is 0 Å². The second-order valence-electron chi connectivity index (χ2n) is 12.9. The zero-order chi connectivity index (χ0) is 47.3. The second-order valence-corrected chi connectivity index (χ2v) is 14.9. The average molecular weight is 938 g/mol. The number of benzene rings is 6. The summed E-state index contributed by atoms with van der Waals surface area (Å²) in [5, 5.41) is 9.23. The van der Waals surface area contributed by atoms with Gasteiger partial charge in [0.05, 0.1) is 0 Å². The van der Waals surface area contributed by atoms with Gasteiger partial charge in [0.25, 0.3) is 0 Å². The van der Waals surface area contributed by atoms with Crippen LogP contribution in [0.2, 0.25) is 0 Å². The number of ketones is 1. The molecule has 0 bridgehead atoms. The molecule has 0 heterocycles. The lowest BCUT2D eigenvalue weighted by Gasteiger charge is -2.44. The zero-order valence-electron chi connectivity index (χ0n) is 30.3. The number of carbonyl (C=O) groups excluding carboxylic acids is 1. The van der Waals surface area contributed by atoms with Crippen molar-refractivity contribution in [3.8, 4) is 5.75 Å². The molecule has 6 rings (SSSR count). The summed E-state index contributed by atoms with van der Waals surface area (Å²) in [5.41, 5.74) is -13.6. The number of Topliss-reactive ketones (excluding diaryl/α,β-unsaturated/α-hetero) is 1. The quantitative estimate of drug-likeness (QED) is 0.0415. The standard InChI is InChI=1S/C24BF20.C15H14O2S/c26-5-1(6(27)14(35)21(42)13(5)34)25(2-7(28)15(36)22(43)16(37)8(2)29,3-9(30)17(38)23(44)18(39)10(3)31)4-11(32)19(40)24(45)20(41)12(4)33;1-18(14-9-7-13(16)8-10-14)11-15(17)12-5-3-2-4-6-12/h;2-10H,11H2,1H3/q-1;/p+1. The zero-order valence-corrected chi connectivity index (χ0v) is 31.1. The number of hydrogen-bond donors (Lipinski definition) is 1. The Morgan fingerprint density at radius 2 is 0.635 bits per heavy atom. The maximum absolute atomic E-state index is 15.4. The van der Waals surface area contributed by atoms with Crippen LogP contribution in [0.5, 0.6) is 5.75 Å². The third-order valence-electron chi connectivity index (χ3n) is 9.39. The van der Waals surface area contributed by atoms with Crippen LogP contribution in [0, 0.1) is 116 Å². The fourth-order valence-corrected chi connectivity index (χ4v) is 7.87. The summed E-state index contributed by atoms with van der Waals surface area (Å²) in [4.78, 5) is 13.1. The number of phenolic OH excluding ortho intramolecular Hbond substituents is 1. The molecule has 0 radical (unpaired) electrons. The van der Waals surface area contributed by atoms with Gasteiger partial charge in [-0.3, -0.25) is 4.79 Å². The number of halogens is 20. The van der Waals surface area contributed by atoms with E-state index in [0.717, 1.165) is 10.5 Å². The lowest BCUT2D eigenvalue weighted by atomic mass is 9.12. The van der Waals surface area contributed by atoms with Gasteiger partial charge >= 0.3 is 0 Å². The Kier molecular flexibility index (Phi) is 13.6. The molecule has 24 heteroatoms. The largest absolute Gasteiger partial charge is 0.508 e. The summed E-state index contributed by atoms with van der Waals surface area (Å²) < 4.78 is 294. The molecule has 1 atom stereocenters. The summed E-state index contributed by atoms with van der Waals surface area (Å²) in [5.74, 6) is -70.5. The van der Waals surface area contributed by atoms with Crippen LogP contribution >= 0.6 is 0 Å². The van der Waals surface area contributed by atoms with Crippen molar-refractivity contribution in [2.24, 2.45) is 0 Å². The molecule has 0 aliphatic rings. The first-order chi connectivity index (χ1) is 29.4. The minimum absolute atomic E-state index is 0.133. The Bertz CT molecular complexity index is 2420. The summed E-state index contributed by atoms with van der Waals surface area (Å²) in [6, 6.07) is 16.4. The lowest BCUT2D eigenvalue weighted by molar-refractivity contribution is 0.102. The summed E-state index contributed by atoms with van der Waals surface area (Å²) in [6.45, 7) is 0. The summed E-state index contributed by atoms with van der Waals surface area (Å²) >= 11 is 0. The van der Waals surface area contributed by atoms with Crippen LogP contribution in [-0.2, 0) is 10.9 Å². The highest BCUT2D eigenvalue weighted by atomic mass is 32.2. The number of carbonyl (C=O) groups is 1. The van der Waals surface area contributed by atoms with Gasteiger partial charge in [-0.1, -0.05) is 30.3 Å². The molecule has 0 aliphatic heterocycles. The predicted molar refractivity (Wildman–Crippen MR) is 185 cm³/mol. The highest BCUT2D eigenvalue weighted by Crippen LogP contribution is 2.31. The number of hydrogen-bond acceptors (Lipinski definition) is 2. The first-order valence-corrected chi connectivity index (χ1v) is 18.4. The van der Waals surface area contributed by atoms with E-state index in [-0.39, 0.29) is 22.4 Å². The lowest BCUT2D eigenvalue weighted by Crippen LogP contribution is -2.81. The van der Waals surface area contributed by atoms with Crippen molar-refractivity contribution in [2.75, 3.05) is 12.0 Å². The fourth-order valence-electron chi connectivity index (χ4n) is 6.54. The van der Waals surface area contributed by atoms with Gasteiger partial charge in [-0.15, -0.1) is 21.9 Å². The number of rotatable bonds is 8. The molecule has 0 spiro atoms. The van der Waals surface area contributed by atoms with Gasteiger partial charge in [-0.2, -0.15) is 0 Å². The number of aromatic hydroxyl groups is 1. The van der Waals surface area contributed by atoms with Crippen LogP contribution in [0.1, 0.15) is 10.4 Å². The highest BCUT2D eigenvalue weighted by molar-refractivity contribution is 7.96. The molecule has 6 aromatic carbocycles. The van der Waals surface area contributed by atoms with Crippen molar-refractivity contribution >= 4 is 44.7 Å². The molecule has 332 valence electrons. The Morgan fingerprint density at radius 3 is 0.889 bits per heavy atom. The third kappa shape index (κ3) is 7.81. The molecule has 0 saturated heterocycles. The Labute approximate surface area is 341 Å². The van der Waals surface area contributed by atoms with Crippen molar-refractivity contribution in [3.05, 3.63) is 177 Å². The van der Waals surface area contributed by atoms with Crippen LogP contribution in [0.4, 0.5) is 87.8 Å². The molecule has 0 aromatic heterocycles. The Balaban J connectivity index is 0.000000345. The molecule has 0 amide bonds. The van der Waals surface area contributed by atoms with Gasteiger partial charge in [-0.25, -0.2) is 87.8 Å². The van der Waals surface area contributed by atoms with E-state index in [1.165, 1.54) is 0 Å². The van der Waals surface area contributed by atoms with E-state index in [1.807, 2.05) is 48.7 Å². The Hall–Kier alpha value is -6.20. The highest BCUT2D eigenvalue weighted by Gasteiger charge is 2.52. The van der Waals surface area contributed by atoms with E-state index in [2.05, 4.69) is 0 Å². The fraction of sp³-hybridized carbons (Fsp3) is 0.0513. The molecule has 1 unspecified atom stereocenters. The monoisotopic (exact) mass is 938 g/mol. The van der Waals surface area contributed by atoms with Gasteiger partial charge in [0.2, 0.25) is 5.78 Å².